The highest BCUT2D eigenvalue weighted by Gasteiger charge is 2.31. The van der Waals surface area contributed by atoms with Gasteiger partial charge in [-0.2, -0.15) is 0 Å². The number of nitrogens with zero attached hydrogens (tertiary/aromatic N) is 2. The molecule has 1 amide bonds. The predicted octanol–water partition coefficient (Wildman–Crippen LogP) is 2.00. The van der Waals surface area contributed by atoms with E-state index in [1.54, 1.807) is 4.90 Å². The number of rotatable bonds is 5. The van der Waals surface area contributed by atoms with Gasteiger partial charge in [0.2, 0.25) is 11.8 Å². The molecule has 1 aliphatic rings. The van der Waals surface area contributed by atoms with Gasteiger partial charge in [0.25, 0.3) is 0 Å². The Bertz CT molecular complexity index is 491. The summed E-state index contributed by atoms with van der Waals surface area (Å²) in [5.41, 5.74) is 0.127. The van der Waals surface area contributed by atoms with Gasteiger partial charge < -0.3 is 14.1 Å². The van der Waals surface area contributed by atoms with E-state index < -0.39 is 5.97 Å². The molecule has 1 heterocycles. The lowest BCUT2D eigenvalue weighted by atomic mass is 9.84. The molecular weight excluding hydrogens is 260 g/mol. The number of carbonyl (C=O) groups is 2. The van der Waals surface area contributed by atoms with Gasteiger partial charge in [0.1, 0.15) is 6.26 Å². The minimum Gasteiger partial charge on any atom is -0.464 e. The largest absolute Gasteiger partial charge is 0.464 e. The maximum Gasteiger partial charge on any atom is 0.360 e. The second kappa shape index (κ2) is 6.07. The van der Waals surface area contributed by atoms with Gasteiger partial charge in [-0.25, -0.2) is 9.78 Å². The van der Waals surface area contributed by atoms with Gasteiger partial charge in [0.05, 0.1) is 13.7 Å². The molecule has 1 aromatic heterocycles. The van der Waals surface area contributed by atoms with Crippen LogP contribution in [-0.4, -0.2) is 34.9 Å². The summed E-state index contributed by atoms with van der Waals surface area (Å²) in [6.45, 7) is 4.20. The fraction of sp³-hybridized carbons (Fsp3) is 0.643. The first kappa shape index (κ1) is 14.6. The molecule has 0 radical (unpaired) electrons. The van der Waals surface area contributed by atoms with Crippen molar-refractivity contribution in [1.29, 1.82) is 0 Å². The van der Waals surface area contributed by atoms with Crippen LogP contribution >= 0.6 is 0 Å². The summed E-state index contributed by atoms with van der Waals surface area (Å²) in [5.74, 6) is 0.0877. The molecule has 0 atom stereocenters. The van der Waals surface area contributed by atoms with Crippen molar-refractivity contribution in [2.75, 3.05) is 7.11 Å². The second-order valence-corrected chi connectivity index (χ2v) is 5.31. The van der Waals surface area contributed by atoms with Crippen LogP contribution < -0.4 is 0 Å². The van der Waals surface area contributed by atoms with Crippen molar-refractivity contribution in [2.24, 2.45) is 5.92 Å². The third-order valence-corrected chi connectivity index (χ3v) is 3.61. The van der Waals surface area contributed by atoms with E-state index in [4.69, 9.17) is 4.42 Å². The molecule has 0 bridgehead atoms. The zero-order chi connectivity index (χ0) is 14.7. The number of methoxy groups -OCH3 is 1. The fourth-order valence-corrected chi connectivity index (χ4v) is 2.13. The summed E-state index contributed by atoms with van der Waals surface area (Å²) in [4.78, 5) is 29.5. The monoisotopic (exact) mass is 280 g/mol. The van der Waals surface area contributed by atoms with Crippen LogP contribution in [0.25, 0.3) is 0 Å². The summed E-state index contributed by atoms with van der Waals surface area (Å²) in [7, 11) is 1.29. The van der Waals surface area contributed by atoms with Gasteiger partial charge in [-0.3, -0.25) is 4.79 Å². The zero-order valence-corrected chi connectivity index (χ0v) is 12.1. The van der Waals surface area contributed by atoms with E-state index in [9.17, 15) is 9.59 Å². The lowest BCUT2D eigenvalue weighted by molar-refractivity contribution is -0.141. The Kier molecular flexibility index (Phi) is 4.42. The quantitative estimate of drug-likeness (QED) is 0.771. The third-order valence-electron chi connectivity index (χ3n) is 3.61. The molecule has 6 heteroatoms. The van der Waals surface area contributed by atoms with Crippen LogP contribution in [-0.2, 0) is 16.1 Å². The minimum atomic E-state index is -0.540. The number of amides is 1. The summed E-state index contributed by atoms with van der Waals surface area (Å²) in [5, 5.41) is 0. The fourth-order valence-electron chi connectivity index (χ4n) is 2.13. The van der Waals surface area contributed by atoms with E-state index in [0.29, 0.717) is 5.89 Å². The molecule has 20 heavy (non-hydrogen) atoms. The highest BCUT2D eigenvalue weighted by molar-refractivity contribution is 5.86. The summed E-state index contributed by atoms with van der Waals surface area (Å²) >= 11 is 0. The smallest absolute Gasteiger partial charge is 0.360 e. The summed E-state index contributed by atoms with van der Waals surface area (Å²) in [6, 6.07) is 0.0663. The Balaban J connectivity index is 2.06. The normalized spacial score (nSPS) is 15.0. The summed E-state index contributed by atoms with van der Waals surface area (Å²) < 4.78 is 9.82. The molecule has 0 N–H and O–H groups in total. The average Bonchev–Trinajstić information content (AvgIpc) is 2.80. The van der Waals surface area contributed by atoms with Crippen molar-refractivity contribution in [3.63, 3.8) is 0 Å². The summed E-state index contributed by atoms with van der Waals surface area (Å²) in [6.07, 6.45) is 4.30. The van der Waals surface area contributed by atoms with Crippen molar-refractivity contribution < 1.29 is 18.7 Å². The van der Waals surface area contributed by atoms with Crippen molar-refractivity contribution in [2.45, 2.75) is 45.7 Å². The van der Waals surface area contributed by atoms with E-state index in [2.05, 4.69) is 9.72 Å². The van der Waals surface area contributed by atoms with Crippen LogP contribution in [0.2, 0.25) is 0 Å². The SMILES string of the molecule is COC(=O)c1coc(CN(C(=O)C2CCC2)C(C)C)n1. The molecule has 0 aliphatic heterocycles. The van der Waals surface area contributed by atoms with E-state index in [1.165, 1.54) is 13.4 Å². The Morgan fingerprint density at radius 2 is 2.20 bits per heavy atom. The predicted molar refractivity (Wildman–Crippen MR) is 70.9 cm³/mol. The van der Waals surface area contributed by atoms with Crippen LogP contribution in [0, 0.1) is 5.92 Å². The minimum absolute atomic E-state index is 0.0663. The number of ether oxygens (including phenoxy) is 1. The van der Waals surface area contributed by atoms with Gasteiger partial charge in [-0.15, -0.1) is 0 Å². The molecule has 110 valence electrons. The lowest BCUT2D eigenvalue weighted by Crippen LogP contribution is -2.42. The Morgan fingerprint density at radius 3 is 2.70 bits per heavy atom. The average molecular weight is 280 g/mol. The molecule has 1 aliphatic carbocycles. The maximum absolute atomic E-state index is 12.3. The number of hydrogen-bond donors (Lipinski definition) is 0. The number of esters is 1. The molecular formula is C14H20N2O4. The van der Waals surface area contributed by atoms with Crippen LogP contribution in [0.3, 0.4) is 0 Å². The van der Waals surface area contributed by atoms with Crippen LogP contribution in [0.5, 0.6) is 0 Å². The highest BCUT2D eigenvalue weighted by atomic mass is 16.5. The van der Waals surface area contributed by atoms with Crippen molar-refractivity contribution in [1.82, 2.24) is 9.88 Å². The molecule has 0 saturated heterocycles. The molecule has 2 rings (SSSR count). The molecule has 1 aromatic rings. The van der Waals surface area contributed by atoms with E-state index in [1.807, 2.05) is 13.8 Å². The van der Waals surface area contributed by atoms with Gasteiger partial charge in [0.15, 0.2) is 5.69 Å². The number of oxazole rings is 1. The van der Waals surface area contributed by atoms with Gasteiger partial charge >= 0.3 is 5.97 Å². The van der Waals surface area contributed by atoms with E-state index in [-0.39, 0.29) is 30.1 Å². The molecule has 6 nitrogen and oxygen atoms in total. The first-order chi connectivity index (χ1) is 9.52. The molecule has 0 unspecified atom stereocenters. The maximum atomic E-state index is 12.3. The molecule has 0 spiro atoms. The Hall–Kier alpha value is -1.85. The van der Waals surface area contributed by atoms with Gasteiger partial charge in [-0.05, 0) is 26.7 Å². The first-order valence-corrected chi connectivity index (χ1v) is 6.86. The van der Waals surface area contributed by atoms with E-state index >= 15 is 0 Å². The Labute approximate surface area is 118 Å². The molecule has 1 saturated carbocycles. The van der Waals surface area contributed by atoms with Crippen LogP contribution in [0.15, 0.2) is 10.7 Å². The Morgan fingerprint density at radius 1 is 1.50 bits per heavy atom. The zero-order valence-electron chi connectivity index (χ0n) is 12.1. The van der Waals surface area contributed by atoms with Crippen molar-refractivity contribution in [3.05, 3.63) is 17.8 Å². The highest BCUT2D eigenvalue weighted by Crippen LogP contribution is 2.29. The molecule has 0 aromatic carbocycles. The second-order valence-electron chi connectivity index (χ2n) is 5.31. The van der Waals surface area contributed by atoms with Gasteiger partial charge in [-0.1, -0.05) is 6.42 Å². The van der Waals surface area contributed by atoms with Crippen molar-refractivity contribution >= 4 is 11.9 Å². The van der Waals surface area contributed by atoms with Crippen LogP contribution in [0.4, 0.5) is 0 Å². The third kappa shape index (κ3) is 3.00. The number of aromatic nitrogens is 1. The first-order valence-electron chi connectivity index (χ1n) is 6.86. The van der Waals surface area contributed by atoms with Gasteiger partial charge in [0, 0.05) is 12.0 Å². The van der Waals surface area contributed by atoms with Crippen molar-refractivity contribution in [3.8, 4) is 0 Å². The standard InChI is InChI=1S/C14H20N2O4/c1-9(2)16(13(17)10-5-4-6-10)7-12-15-11(8-20-12)14(18)19-3/h8-10H,4-7H2,1-3H3. The van der Waals surface area contributed by atoms with Crippen LogP contribution in [0.1, 0.15) is 49.5 Å². The number of carbonyl (C=O) groups excluding carboxylic acids is 2. The number of hydrogen-bond acceptors (Lipinski definition) is 5. The molecule has 1 fully saturated rings. The van der Waals surface area contributed by atoms with E-state index in [0.717, 1.165) is 19.3 Å². The topological polar surface area (TPSA) is 72.6 Å². The lowest BCUT2D eigenvalue weighted by Gasteiger charge is -2.33.